The van der Waals surface area contributed by atoms with Gasteiger partial charge >= 0.3 is 0 Å². The molecule has 1 amide bonds. The Hall–Kier alpha value is -1.47. The maximum atomic E-state index is 12.1. The number of carbonyl (C=O) groups excluding carboxylic acids is 1. The first-order chi connectivity index (χ1) is 9.87. The van der Waals surface area contributed by atoms with E-state index in [-0.39, 0.29) is 29.2 Å². The van der Waals surface area contributed by atoms with Crippen molar-refractivity contribution >= 4 is 27.5 Å². The Morgan fingerprint density at radius 2 is 2.00 bits per heavy atom. The monoisotopic (exact) mass is 358 g/mol. The Bertz CT molecular complexity index is 521. The molecular formula is C14H19BrN2O4. The molecule has 0 saturated heterocycles. The summed E-state index contributed by atoms with van der Waals surface area (Å²) in [6.07, 6.45) is 1.47. The number of amides is 1. The van der Waals surface area contributed by atoms with Crippen LogP contribution in [0.1, 0.15) is 37.0 Å². The number of rotatable bonds is 7. The van der Waals surface area contributed by atoms with Gasteiger partial charge in [0, 0.05) is 34.1 Å². The van der Waals surface area contributed by atoms with Crippen LogP contribution in [0.5, 0.6) is 0 Å². The number of aliphatic hydroxyl groups excluding tert-OH is 1. The van der Waals surface area contributed by atoms with Crippen molar-refractivity contribution in [1.82, 2.24) is 5.32 Å². The molecular weight excluding hydrogens is 340 g/mol. The highest BCUT2D eigenvalue weighted by molar-refractivity contribution is 9.10. The van der Waals surface area contributed by atoms with E-state index in [1.54, 1.807) is 0 Å². The summed E-state index contributed by atoms with van der Waals surface area (Å²) in [4.78, 5) is 22.4. The second-order valence-corrected chi connectivity index (χ2v) is 5.92. The lowest BCUT2D eigenvalue weighted by Gasteiger charge is -2.29. The zero-order valence-electron chi connectivity index (χ0n) is 12.1. The van der Waals surface area contributed by atoms with E-state index in [2.05, 4.69) is 21.2 Å². The Kier molecular flexibility index (Phi) is 6.29. The number of nitro groups is 1. The van der Waals surface area contributed by atoms with E-state index < -0.39 is 4.92 Å². The minimum Gasteiger partial charge on any atom is -0.396 e. The molecule has 1 aromatic carbocycles. The summed E-state index contributed by atoms with van der Waals surface area (Å²) in [5.41, 5.74) is -0.280. The molecule has 0 bridgehead atoms. The average molecular weight is 359 g/mol. The number of nitrogens with one attached hydrogen (secondary N) is 1. The van der Waals surface area contributed by atoms with Gasteiger partial charge in [-0.3, -0.25) is 14.9 Å². The van der Waals surface area contributed by atoms with Crippen LogP contribution in [0.3, 0.4) is 0 Å². The third-order valence-corrected chi connectivity index (χ3v) is 4.27. The number of hydrogen-bond acceptors (Lipinski definition) is 4. The van der Waals surface area contributed by atoms with Crippen molar-refractivity contribution in [3.63, 3.8) is 0 Å². The van der Waals surface area contributed by atoms with Crippen LogP contribution in [-0.2, 0) is 0 Å². The number of non-ortho nitro benzene ring substituents is 1. The fraction of sp³-hybridized carbons (Fsp3) is 0.500. The van der Waals surface area contributed by atoms with Gasteiger partial charge in [-0.05, 0) is 18.9 Å². The predicted molar refractivity (Wildman–Crippen MR) is 83.2 cm³/mol. The van der Waals surface area contributed by atoms with E-state index in [0.717, 1.165) is 12.8 Å². The molecule has 116 valence electrons. The molecule has 7 heteroatoms. The minimum atomic E-state index is -0.544. The number of halogens is 1. The largest absolute Gasteiger partial charge is 0.396 e. The lowest BCUT2D eigenvalue weighted by atomic mass is 9.83. The van der Waals surface area contributed by atoms with E-state index in [0.29, 0.717) is 11.0 Å². The lowest BCUT2D eigenvalue weighted by Crippen LogP contribution is -2.39. The van der Waals surface area contributed by atoms with Crippen molar-refractivity contribution in [2.75, 3.05) is 13.2 Å². The van der Waals surface area contributed by atoms with E-state index in [9.17, 15) is 20.0 Å². The number of nitrogens with zero attached hydrogens (tertiary/aromatic N) is 1. The van der Waals surface area contributed by atoms with Crippen LogP contribution in [0.25, 0.3) is 0 Å². The first-order valence-corrected chi connectivity index (χ1v) is 7.51. The summed E-state index contributed by atoms with van der Waals surface area (Å²) < 4.78 is 0.473. The fourth-order valence-corrected chi connectivity index (χ4v) is 2.44. The maximum Gasteiger partial charge on any atom is 0.271 e. The first kappa shape index (κ1) is 17.6. The molecule has 2 N–H and O–H groups in total. The molecule has 0 unspecified atom stereocenters. The summed E-state index contributed by atoms with van der Waals surface area (Å²) in [7, 11) is 0. The SMILES string of the molecule is CCC(CC)(CO)CNC(=O)c1cc(Br)cc([N+](=O)[O-])c1. The lowest BCUT2D eigenvalue weighted by molar-refractivity contribution is -0.385. The molecule has 0 aromatic heterocycles. The van der Waals surface area contributed by atoms with E-state index in [1.807, 2.05) is 13.8 Å². The maximum absolute atomic E-state index is 12.1. The number of hydrogen-bond donors (Lipinski definition) is 2. The van der Waals surface area contributed by atoms with Crippen LogP contribution in [0, 0.1) is 15.5 Å². The number of benzene rings is 1. The van der Waals surface area contributed by atoms with Crippen LogP contribution in [0.4, 0.5) is 5.69 Å². The van der Waals surface area contributed by atoms with Gasteiger partial charge in [0.1, 0.15) is 0 Å². The van der Waals surface area contributed by atoms with Gasteiger partial charge in [0.15, 0.2) is 0 Å². The van der Waals surface area contributed by atoms with Crippen LogP contribution in [-0.4, -0.2) is 29.1 Å². The van der Waals surface area contributed by atoms with Gasteiger partial charge in [0.2, 0.25) is 0 Å². The Morgan fingerprint density at radius 3 is 2.48 bits per heavy atom. The fourth-order valence-electron chi connectivity index (χ4n) is 1.96. The van der Waals surface area contributed by atoms with Crippen molar-refractivity contribution in [2.24, 2.45) is 5.41 Å². The second-order valence-electron chi connectivity index (χ2n) is 5.00. The Morgan fingerprint density at radius 1 is 1.38 bits per heavy atom. The standard InChI is InChI=1S/C14H19BrN2O4/c1-3-14(4-2,9-18)8-16-13(19)10-5-11(15)7-12(6-10)17(20)21/h5-7,18H,3-4,8-9H2,1-2H3,(H,16,19). The first-order valence-electron chi connectivity index (χ1n) is 6.71. The highest BCUT2D eigenvalue weighted by Crippen LogP contribution is 2.25. The van der Waals surface area contributed by atoms with Gasteiger partial charge in [-0.1, -0.05) is 29.8 Å². The molecule has 0 aliphatic carbocycles. The Balaban J connectivity index is 2.87. The van der Waals surface area contributed by atoms with Gasteiger partial charge in [-0.2, -0.15) is 0 Å². The zero-order valence-corrected chi connectivity index (χ0v) is 13.6. The van der Waals surface area contributed by atoms with Gasteiger partial charge in [0.05, 0.1) is 11.5 Å². The van der Waals surface area contributed by atoms with E-state index in [1.165, 1.54) is 18.2 Å². The summed E-state index contributed by atoms with van der Waals surface area (Å²) >= 11 is 3.16. The molecule has 0 saturated carbocycles. The van der Waals surface area contributed by atoms with Crippen molar-refractivity contribution < 1.29 is 14.8 Å². The Labute approximate surface area is 131 Å². The number of aliphatic hydroxyl groups is 1. The molecule has 1 rings (SSSR count). The van der Waals surface area contributed by atoms with Crippen LogP contribution >= 0.6 is 15.9 Å². The molecule has 6 nitrogen and oxygen atoms in total. The van der Waals surface area contributed by atoms with E-state index >= 15 is 0 Å². The smallest absolute Gasteiger partial charge is 0.271 e. The second kappa shape index (κ2) is 7.51. The third-order valence-electron chi connectivity index (χ3n) is 3.81. The quantitative estimate of drug-likeness (QED) is 0.578. The molecule has 0 radical (unpaired) electrons. The van der Waals surface area contributed by atoms with Crippen molar-refractivity contribution in [2.45, 2.75) is 26.7 Å². The van der Waals surface area contributed by atoms with Crippen molar-refractivity contribution in [1.29, 1.82) is 0 Å². The van der Waals surface area contributed by atoms with Crippen molar-refractivity contribution in [3.05, 3.63) is 38.3 Å². The zero-order chi connectivity index (χ0) is 16.0. The predicted octanol–water partition coefficient (Wildman–Crippen LogP) is 2.89. The molecule has 0 atom stereocenters. The van der Waals surface area contributed by atoms with Gasteiger partial charge in [0.25, 0.3) is 11.6 Å². The molecule has 0 spiro atoms. The molecule has 1 aromatic rings. The van der Waals surface area contributed by atoms with Crippen LogP contribution in [0.15, 0.2) is 22.7 Å². The molecule has 0 aliphatic heterocycles. The number of carbonyl (C=O) groups is 1. The highest BCUT2D eigenvalue weighted by Gasteiger charge is 2.26. The number of nitro benzene ring substituents is 1. The van der Waals surface area contributed by atoms with Crippen LogP contribution in [0.2, 0.25) is 0 Å². The highest BCUT2D eigenvalue weighted by atomic mass is 79.9. The summed E-state index contributed by atoms with van der Waals surface area (Å²) in [5.74, 6) is -0.390. The third kappa shape index (κ3) is 4.50. The summed E-state index contributed by atoms with van der Waals surface area (Å²) in [6, 6.07) is 4.10. The molecule has 0 fully saturated rings. The molecule has 21 heavy (non-hydrogen) atoms. The summed E-state index contributed by atoms with van der Waals surface area (Å²) in [5, 5.41) is 23.0. The molecule has 0 heterocycles. The van der Waals surface area contributed by atoms with E-state index in [4.69, 9.17) is 0 Å². The minimum absolute atomic E-state index is 0.0150. The van der Waals surface area contributed by atoms with Crippen molar-refractivity contribution in [3.8, 4) is 0 Å². The topological polar surface area (TPSA) is 92.5 Å². The van der Waals surface area contributed by atoms with Crippen LogP contribution < -0.4 is 5.32 Å². The normalized spacial score (nSPS) is 11.2. The van der Waals surface area contributed by atoms with Gasteiger partial charge in [-0.15, -0.1) is 0 Å². The van der Waals surface area contributed by atoms with Gasteiger partial charge < -0.3 is 10.4 Å². The van der Waals surface area contributed by atoms with Gasteiger partial charge in [-0.25, -0.2) is 0 Å². The summed E-state index contributed by atoms with van der Waals surface area (Å²) in [6.45, 7) is 4.22. The molecule has 0 aliphatic rings. The average Bonchev–Trinajstić information content (AvgIpc) is 2.48.